The lowest BCUT2D eigenvalue weighted by Gasteiger charge is -2.34. The number of halogens is 1. The molecule has 8 heteroatoms. The molecular formula is C32H28ClNO6. The Kier molecular flexibility index (Phi) is 8.34. The predicted molar refractivity (Wildman–Crippen MR) is 152 cm³/mol. The molecule has 7 nitrogen and oxygen atoms in total. The number of carbonyl (C=O) groups is 2. The van der Waals surface area contributed by atoms with E-state index in [1.165, 1.54) is 4.90 Å². The molecule has 1 amide bonds. The van der Waals surface area contributed by atoms with Crippen molar-refractivity contribution in [2.75, 3.05) is 6.54 Å². The summed E-state index contributed by atoms with van der Waals surface area (Å²) in [5.74, 6) is 2.11. The third-order valence-electron chi connectivity index (χ3n) is 6.98. The second kappa shape index (κ2) is 12.2. The Morgan fingerprint density at radius 3 is 2.45 bits per heavy atom. The fourth-order valence-electron chi connectivity index (χ4n) is 4.96. The number of hydrogen-bond donors (Lipinski definition) is 2. The van der Waals surface area contributed by atoms with Crippen molar-refractivity contribution in [3.63, 3.8) is 0 Å². The number of carboxylic acid groups (broad SMARTS) is 1. The van der Waals surface area contributed by atoms with Crippen molar-refractivity contribution in [1.29, 1.82) is 0 Å². The van der Waals surface area contributed by atoms with Crippen LogP contribution in [0, 0.1) is 0 Å². The van der Waals surface area contributed by atoms with E-state index in [-0.39, 0.29) is 12.6 Å². The largest absolute Gasteiger partial charge is 0.465 e. The zero-order chi connectivity index (χ0) is 28.1. The van der Waals surface area contributed by atoms with Gasteiger partial charge in [-0.3, -0.25) is 4.79 Å². The number of aliphatic hydroxyl groups is 1. The molecule has 0 aliphatic heterocycles. The molecule has 0 fully saturated rings. The van der Waals surface area contributed by atoms with E-state index in [1.54, 1.807) is 42.5 Å². The number of nitrogens with zero attached hydrogens (tertiary/aromatic N) is 1. The van der Waals surface area contributed by atoms with Gasteiger partial charge in [0.1, 0.15) is 23.0 Å². The van der Waals surface area contributed by atoms with Gasteiger partial charge in [-0.1, -0.05) is 48.0 Å². The van der Waals surface area contributed by atoms with Gasteiger partial charge in [-0.05, 0) is 90.6 Å². The number of fused-ring (bicyclic) bond motifs is 1. The minimum absolute atomic E-state index is 0.0578. The quantitative estimate of drug-likeness (QED) is 0.209. The number of amides is 1. The third-order valence-corrected chi connectivity index (χ3v) is 7.22. The number of benzene rings is 4. The van der Waals surface area contributed by atoms with Crippen LogP contribution in [-0.2, 0) is 12.8 Å². The SMILES string of the molecule is O=Cc1cc(Oc2ccc3c(c2)CC(N(CC(O)c2cccc(Cl)c2)C(=O)O)CC3)ccc1Oc1ccccc1. The first kappa shape index (κ1) is 27.2. The van der Waals surface area contributed by atoms with Crippen molar-refractivity contribution in [1.82, 2.24) is 4.90 Å². The first-order valence-electron chi connectivity index (χ1n) is 12.9. The summed E-state index contributed by atoms with van der Waals surface area (Å²) in [4.78, 5) is 25.2. The van der Waals surface area contributed by atoms with Crippen molar-refractivity contribution in [3.05, 3.63) is 118 Å². The van der Waals surface area contributed by atoms with Gasteiger partial charge in [0, 0.05) is 11.1 Å². The monoisotopic (exact) mass is 557 g/mol. The molecule has 0 spiro atoms. The highest BCUT2D eigenvalue weighted by molar-refractivity contribution is 6.30. The highest BCUT2D eigenvalue weighted by atomic mass is 35.5. The zero-order valence-electron chi connectivity index (χ0n) is 21.6. The molecule has 5 rings (SSSR count). The normalized spacial score (nSPS) is 15.0. The summed E-state index contributed by atoms with van der Waals surface area (Å²) >= 11 is 6.05. The van der Waals surface area contributed by atoms with Crippen molar-refractivity contribution in [2.24, 2.45) is 0 Å². The first-order chi connectivity index (χ1) is 19.4. The van der Waals surface area contributed by atoms with Crippen LogP contribution in [0.4, 0.5) is 4.79 Å². The Morgan fingerprint density at radius 2 is 1.70 bits per heavy atom. The highest BCUT2D eigenvalue weighted by Gasteiger charge is 2.30. The molecule has 2 N–H and O–H groups in total. The lowest BCUT2D eigenvalue weighted by molar-refractivity contribution is 0.0727. The summed E-state index contributed by atoms with van der Waals surface area (Å²) in [5.41, 5.74) is 3.04. The molecule has 0 aromatic heterocycles. The van der Waals surface area contributed by atoms with E-state index in [9.17, 15) is 19.8 Å². The molecule has 4 aromatic rings. The van der Waals surface area contributed by atoms with Crippen LogP contribution in [0.2, 0.25) is 5.02 Å². The fraction of sp³-hybridized carbons (Fsp3) is 0.188. The number of aliphatic hydroxyl groups excluding tert-OH is 1. The van der Waals surface area contributed by atoms with E-state index >= 15 is 0 Å². The molecule has 4 aromatic carbocycles. The van der Waals surface area contributed by atoms with Gasteiger partial charge in [-0.15, -0.1) is 0 Å². The van der Waals surface area contributed by atoms with Crippen LogP contribution in [0.3, 0.4) is 0 Å². The van der Waals surface area contributed by atoms with Gasteiger partial charge in [-0.25, -0.2) is 4.79 Å². The maximum Gasteiger partial charge on any atom is 0.407 e. The van der Waals surface area contributed by atoms with Gasteiger partial charge in [-0.2, -0.15) is 0 Å². The molecule has 0 heterocycles. The zero-order valence-corrected chi connectivity index (χ0v) is 22.3. The summed E-state index contributed by atoms with van der Waals surface area (Å²) in [6, 6.07) is 26.5. The molecule has 0 radical (unpaired) electrons. The highest BCUT2D eigenvalue weighted by Crippen LogP contribution is 2.33. The van der Waals surface area contributed by atoms with Gasteiger partial charge in [0.25, 0.3) is 0 Å². The molecule has 0 saturated carbocycles. The molecule has 204 valence electrons. The standard InChI is InChI=1S/C32H28ClNO6/c33-25-6-4-5-22(15-25)30(36)19-34(32(37)38)26-11-9-21-10-12-28(17-23(21)16-26)39-29-13-14-31(24(18-29)20-35)40-27-7-2-1-3-8-27/h1-8,10,12-15,17-18,20,26,30,36H,9,11,16,19H2,(H,37,38). The smallest absolute Gasteiger partial charge is 0.407 e. The van der Waals surface area contributed by atoms with Crippen molar-refractivity contribution >= 4 is 24.0 Å². The number of rotatable bonds is 9. The number of ether oxygens (including phenoxy) is 2. The van der Waals surface area contributed by atoms with Crippen LogP contribution in [0.5, 0.6) is 23.0 Å². The molecule has 0 saturated heterocycles. The van der Waals surface area contributed by atoms with Crippen LogP contribution in [0.25, 0.3) is 0 Å². The Hall–Kier alpha value is -4.33. The molecule has 40 heavy (non-hydrogen) atoms. The number of para-hydroxylation sites is 1. The Bertz CT molecular complexity index is 1510. The van der Waals surface area contributed by atoms with Crippen LogP contribution < -0.4 is 9.47 Å². The maximum atomic E-state index is 12.2. The number of aryl methyl sites for hydroxylation is 1. The number of hydrogen-bond acceptors (Lipinski definition) is 5. The first-order valence-corrected chi connectivity index (χ1v) is 13.3. The molecule has 2 atom stereocenters. The van der Waals surface area contributed by atoms with E-state index in [4.69, 9.17) is 21.1 Å². The van der Waals surface area contributed by atoms with E-state index in [0.29, 0.717) is 58.4 Å². The lowest BCUT2D eigenvalue weighted by atomic mass is 9.87. The lowest BCUT2D eigenvalue weighted by Crippen LogP contribution is -2.44. The van der Waals surface area contributed by atoms with Crippen LogP contribution in [-0.4, -0.2) is 40.1 Å². The molecule has 1 aliphatic carbocycles. The molecule has 1 aliphatic rings. The second-order valence-electron chi connectivity index (χ2n) is 9.67. The van der Waals surface area contributed by atoms with E-state index in [1.807, 2.05) is 48.5 Å². The number of carbonyl (C=O) groups excluding carboxylic acids is 1. The minimum Gasteiger partial charge on any atom is -0.465 e. The van der Waals surface area contributed by atoms with Crippen molar-refractivity contribution in [2.45, 2.75) is 31.4 Å². The summed E-state index contributed by atoms with van der Waals surface area (Å²) < 4.78 is 11.9. The van der Waals surface area contributed by atoms with Gasteiger partial charge in [0.15, 0.2) is 6.29 Å². The summed E-state index contributed by atoms with van der Waals surface area (Å²) in [5, 5.41) is 21.2. The summed E-state index contributed by atoms with van der Waals surface area (Å²) in [7, 11) is 0. The Balaban J connectivity index is 1.30. The van der Waals surface area contributed by atoms with Gasteiger partial charge in [0.05, 0.1) is 18.2 Å². The van der Waals surface area contributed by atoms with Crippen LogP contribution >= 0.6 is 11.6 Å². The van der Waals surface area contributed by atoms with Gasteiger partial charge in [0.2, 0.25) is 0 Å². The molecular weight excluding hydrogens is 530 g/mol. The summed E-state index contributed by atoms with van der Waals surface area (Å²) in [6.07, 6.45) is 0.490. The van der Waals surface area contributed by atoms with E-state index in [0.717, 1.165) is 17.4 Å². The fourth-order valence-corrected chi connectivity index (χ4v) is 5.16. The molecule has 2 unspecified atom stereocenters. The summed E-state index contributed by atoms with van der Waals surface area (Å²) in [6.45, 7) is -0.0578. The topological polar surface area (TPSA) is 96.3 Å². The Morgan fingerprint density at radius 1 is 0.925 bits per heavy atom. The van der Waals surface area contributed by atoms with E-state index < -0.39 is 12.2 Å². The Labute approximate surface area is 237 Å². The van der Waals surface area contributed by atoms with Crippen LogP contribution in [0.15, 0.2) is 91.0 Å². The van der Waals surface area contributed by atoms with E-state index in [2.05, 4.69) is 0 Å². The average molecular weight is 558 g/mol. The van der Waals surface area contributed by atoms with Gasteiger partial charge >= 0.3 is 6.09 Å². The number of aldehydes is 1. The van der Waals surface area contributed by atoms with Crippen LogP contribution in [0.1, 0.15) is 39.6 Å². The molecule has 0 bridgehead atoms. The predicted octanol–water partition coefficient (Wildman–Crippen LogP) is 7.31. The second-order valence-corrected chi connectivity index (χ2v) is 10.1. The average Bonchev–Trinajstić information content (AvgIpc) is 2.96. The third kappa shape index (κ3) is 6.45. The van der Waals surface area contributed by atoms with Crippen molar-refractivity contribution < 1.29 is 29.3 Å². The minimum atomic E-state index is -1.08. The van der Waals surface area contributed by atoms with Crippen molar-refractivity contribution in [3.8, 4) is 23.0 Å². The van der Waals surface area contributed by atoms with Gasteiger partial charge < -0.3 is 24.6 Å². The maximum absolute atomic E-state index is 12.2.